The van der Waals surface area contributed by atoms with Crippen molar-refractivity contribution in [2.45, 2.75) is 17.3 Å². The summed E-state index contributed by atoms with van der Waals surface area (Å²) in [5.74, 6) is 0.542. The number of thioether (sulfide) groups is 1. The van der Waals surface area contributed by atoms with Gasteiger partial charge in [-0.2, -0.15) is 0 Å². The molecule has 0 fully saturated rings. The highest BCUT2D eigenvalue weighted by Crippen LogP contribution is 2.35. The van der Waals surface area contributed by atoms with Crippen LogP contribution in [0, 0.1) is 5.82 Å². The Morgan fingerprint density at radius 3 is 2.75 bits per heavy atom. The van der Waals surface area contributed by atoms with Crippen LogP contribution < -0.4 is 10.1 Å². The van der Waals surface area contributed by atoms with Crippen LogP contribution in [0.2, 0.25) is 5.02 Å². The van der Waals surface area contributed by atoms with Crippen LogP contribution in [0.15, 0.2) is 65.1 Å². The Kier molecular flexibility index (Phi) is 6.78. The number of nitrogens with one attached hydrogen (secondary N) is 1. The number of carbonyl (C=O) groups excluding carboxylic acids is 1. The zero-order chi connectivity index (χ0) is 22.7. The van der Waals surface area contributed by atoms with E-state index in [2.05, 4.69) is 15.5 Å². The molecule has 4 aromatic rings. The van der Waals surface area contributed by atoms with Gasteiger partial charge in [0.1, 0.15) is 11.6 Å². The highest BCUT2D eigenvalue weighted by atomic mass is 35.5. The number of carbonyl (C=O) groups is 1. The molecule has 0 spiro atoms. The third-order valence-corrected chi connectivity index (χ3v) is 6.76. The van der Waals surface area contributed by atoms with E-state index in [0.717, 1.165) is 16.6 Å². The Bertz CT molecular complexity index is 1250. The van der Waals surface area contributed by atoms with Gasteiger partial charge in [-0.05, 0) is 48.7 Å². The molecule has 0 aliphatic heterocycles. The summed E-state index contributed by atoms with van der Waals surface area (Å²) in [7, 11) is 1.60. The zero-order valence-corrected chi connectivity index (χ0v) is 19.5. The van der Waals surface area contributed by atoms with Crippen LogP contribution in [0.25, 0.3) is 16.4 Å². The van der Waals surface area contributed by atoms with E-state index in [9.17, 15) is 9.18 Å². The number of amides is 1. The number of hydrogen-bond acceptors (Lipinski definition) is 6. The van der Waals surface area contributed by atoms with Gasteiger partial charge in [-0.3, -0.25) is 9.36 Å². The highest BCUT2D eigenvalue weighted by Gasteiger charge is 2.24. The van der Waals surface area contributed by atoms with Crippen molar-refractivity contribution in [3.63, 3.8) is 0 Å². The molecular weight excluding hydrogens is 471 g/mol. The summed E-state index contributed by atoms with van der Waals surface area (Å²) in [6.45, 7) is 1.75. The van der Waals surface area contributed by atoms with Gasteiger partial charge in [0.2, 0.25) is 5.91 Å². The number of aromatic nitrogens is 3. The molecule has 164 valence electrons. The Labute approximate surface area is 197 Å². The van der Waals surface area contributed by atoms with Gasteiger partial charge in [-0.25, -0.2) is 4.39 Å². The fraction of sp³-hybridized carbons (Fsp3) is 0.136. The summed E-state index contributed by atoms with van der Waals surface area (Å²) in [6.07, 6.45) is 0. The van der Waals surface area contributed by atoms with E-state index in [-0.39, 0.29) is 10.9 Å². The molecule has 0 aliphatic carbocycles. The van der Waals surface area contributed by atoms with Crippen LogP contribution in [0.1, 0.15) is 6.92 Å². The molecule has 32 heavy (non-hydrogen) atoms. The predicted molar refractivity (Wildman–Crippen MR) is 127 cm³/mol. The van der Waals surface area contributed by atoms with Crippen molar-refractivity contribution in [3.8, 4) is 22.1 Å². The Hall–Kier alpha value is -2.88. The lowest BCUT2D eigenvalue weighted by atomic mass is 10.3. The number of halogens is 2. The van der Waals surface area contributed by atoms with Crippen molar-refractivity contribution in [2.24, 2.45) is 0 Å². The number of rotatable bonds is 7. The molecule has 1 amide bonds. The summed E-state index contributed by atoms with van der Waals surface area (Å²) in [6, 6.07) is 15.3. The molecule has 0 aliphatic rings. The van der Waals surface area contributed by atoms with Crippen molar-refractivity contribution in [1.29, 1.82) is 0 Å². The first kappa shape index (κ1) is 22.3. The standard InChI is InChI=1S/C22H18ClFN4O2S2/c1-13(21(29)25-16-10-9-14(24)12-15(16)23)32-22-27-26-20(19-8-5-11-31-19)28(22)17-6-3-4-7-18(17)30-2/h3-13H,1-2H3,(H,25,29). The van der Waals surface area contributed by atoms with Gasteiger partial charge >= 0.3 is 0 Å². The minimum atomic E-state index is -0.537. The smallest absolute Gasteiger partial charge is 0.237 e. The van der Waals surface area contributed by atoms with Crippen molar-refractivity contribution < 1.29 is 13.9 Å². The van der Waals surface area contributed by atoms with Gasteiger partial charge in [0.15, 0.2) is 11.0 Å². The summed E-state index contributed by atoms with van der Waals surface area (Å²) in [5.41, 5.74) is 1.11. The topological polar surface area (TPSA) is 69.0 Å². The third-order valence-electron chi connectivity index (χ3n) is 4.54. The van der Waals surface area contributed by atoms with Crippen LogP contribution in [0.3, 0.4) is 0 Å². The third kappa shape index (κ3) is 4.64. The van der Waals surface area contributed by atoms with E-state index >= 15 is 0 Å². The van der Waals surface area contributed by atoms with Gasteiger partial charge in [-0.15, -0.1) is 21.5 Å². The monoisotopic (exact) mass is 488 g/mol. The molecule has 0 radical (unpaired) electrons. The molecule has 4 rings (SSSR count). The quantitative estimate of drug-likeness (QED) is 0.327. The average Bonchev–Trinajstić information content (AvgIpc) is 3.45. The normalized spacial score (nSPS) is 11.9. The first-order chi connectivity index (χ1) is 15.5. The second-order valence-electron chi connectivity index (χ2n) is 6.66. The van der Waals surface area contributed by atoms with Gasteiger partial charge < -0.3 is 10.1 Å². The van der Waals surface area contributed by atoms with E-state index in [1.54, 1.807) is 25.4 Å². The summed E-state index contributed by atoms with van der Waals surface area (Å²) in [4.78, 5) is 13.7. The maximum absolute atomic E-state index is 13.3. The lowest BCUT2D eigenvalue weighted by molar-refractivity contribution is -0.115. The first-order valence-corrected chi connectivity index (χ1v) is 11.7. The number of hydrogen-bond donors (Lipinski definition) is 1. The van der Waals surface area contributed by atoms with Gasteiger partial charge in [-0.1, -0.05) is 41.6 Å². The molecule has 2 aromatic heterocycles. The van der Waals surface area contributed by atoms with Crippen molar-refractivity contribution >= 4 is 46.3 Å². The summed E-state index contributed by atoms with van der Waals surface area (Å²) in [5, 5.41) is 13.6. The number of ether oxygens (including phenoxy) is 1. The molecule has 2 aromatic carbocycles. The number of anilines is 1. The van der Waals surface area contributed by atoms with E-state index < -0.39 is 11.1 Å². The van der Waals surface area contributed by atoms with E-state index in [1.807, 2.05) is 46.3 Å². The van der Waals surface area contributed by atoms with Crippen molar-refractivity contribution in [3.05, 3.63) is 70.8 Å². The molecule has 6 nitrogen and oxygen atoms in total. The van der Waals surface area contributed by atoms with E-state index in [0.29, 0.717) is 22.4 Å². The van der Waals surface area contributed by atoms with Crippen LogP contribution in [0.5, 0.6) is 5.75 Å². The van der Waals surface area contributed by atoms with Gasteiger partial charge in [0.25, 0.3) is 0 Å². The van der Waals surface area contributed by atoms with Crippen LogP contribution >= 0.6 is 34.7 Å². The second kappa shape index (κ2) is 9.72. The average molecular weight is 489 g/mol. The Balaban J connectivity index is 1.65. The van der Waals surface area contributed by atoms with Crippen LogP contribution in [-0.2, 0) is 4.79 Å². The fourth-order valence-corrected chi connectivity index (χ4v) is 4.75. The first-order valence-electron chi connectivity index (χ1n) is 9.53. The Morgan fingerprint density at radius 2 is 2.03 bits per heavy atom. The summed E-state index contributed by atoms with van der Waals surface area (Å²) < 4.78 is 20.7. The molecule has 0 saturated heterocycles. The lowest BCUT2D eigenvalue weighted by Crippen LogP contribution is -2.23. The molecule has 2 heterocycles. The highest BCUT2D eigenvalue weighted by molar-refractivity contribution is 8.00. The molecular formula is C22H18ClFN4O2S2. The maximum Gasteiger partial charge on any atom is 0.237 e. The SMILES string of the molecule is COc1ccccc1-n1c(SC(C)C(=O)Nc2ccc(F)cc2Cl)nnc1-c1cccs1. The maximum atomic E-state index is 13.3. The number of methoxy groups -OCH3 is 1. The van der Waals surface area contributed by atoms with Gasteiger partial charge in [0, 0.05) is 0 Å². The molecule has 0 saturated carbocycles. The van der Waals surface area contributed by atoms with Crippen LogP contribution in [0.4, 0.5) is 10.1 Å². The van der Waals surface area contributed by atoms with Crippen molar-refractivity contribution in [1.82, 2.24) is 14.8 Å². The minimum Gasteiger partial charge on any atom is -0.495 e. The largest absolute Gasteiger partial charge is 0.495 e. The molecule has 0 bridgehead atoms. The number of thiophene rings is 1. The molecule has 1 unspecified atom stereocenters. The van der Waals surface area contributed by atoms with Crippen LogP contribution in [-0.4, -0.2) is 33.0 Å². The van der Waals surface area contributed by atoms with E-state index in [4.69, 9.17) is 16.3 Å². The molecule has 1 atom stereocenters. The molecule has 10 heteroatoms. The van der Waals surface area contributed by atoms with Gasteiger partial charge in [0.05, 0.1) is 33.6 Å². The molecule has 1 N–H and O–H groups in total. The van der Waals surface area contributed by atoms with E-state index in [1.165, 1.54) is 23.9 Å². The second-order valence-corrected chi connectivity index (χ2v) is 9.33. The lowest BCUT2D eigenvalue weighted by Gasteiger charge is -2.16. The van der Waals surface area contributed by atoms with Crippen molar-refractivity contribution in [2.75, 3.05) is 12.4 Å². The number of para-hydroxylation sites is 2. The number of benzene rings is 2. The summed E-state index contributed by atoms with van der Waals surface area (Å²) >= 11 is 8.83. The fourth-order valence-electron chi connectivity index (χ4n) is 2.98. The number of nitrogens with zero attached hydrogens (tertiary/aromatic N) is 3. The zero-order valence-electron chi connectivity index (χ0n) is 17.1. The Morgan fingerprint density at radius 1 is 1.22 bits per heavy atom. The minimum absolute atomic E-state index is 0.132. The predicted octanol–water partition coefficient (Wildman–Crippen LogP) is 5.92.